The van der Waals surface area contributed by atoms with Crippen LogP contribution in [-0.4, -0.2) is 5.11 Å². The number of hydrogen-bond acceptors (Lipinski definition) is 2. The number of aryl methyl sites for hydroxylation is 1. The standard InChI is InChI=1S/C21H24Cl2O2/c1-5-6-7-8-13-17(22)19(24)16-14-11-12(2)9-10-15(14)21(3,4)25-20(16)18(13)23/h9-11,24H,5-8H2,1-4H3. The highest BCUT2D eigenvalue weighted by Crippen LogP contribution is 2.56. The summed E-state index contributed by atoms with van der Waals surface area (Å²) in [4.78, 5) is 0. The van der Waals surface area contributed by atoms with Crippen LogP contribution in [-0.2, 0) is 12.0 Å². The zero-order valence-electron chi connectivity index (χ0n) is 15.2. The minimum absolute atomic E-state index is 0.0647. The molecule has 0 saturated heterocycles. The van der Waals surface area contributed by atoms with Crippen LogP contribution in [0.2, 0.25) is 10.0 Å². The lowest BCUT2D eigenvalue weighted by atomic mass is 9.84. The Balaban J connectivity index is 2.24. The Labute approximate surface area is 159 Å². The molecular formula is C21H24Cl2O2. The summed E-state index contributed by atoms with van der Waals surface area (Å²) in [5, 5.41) is 11.7. The molecule has 0 aromatic heterocycles. The molecule has 0 atom stereocenters. The smallest absolute Gasteiger partial charge is 0.151 e. The van der Waals surface area contributed by atoms with Crippen LogP contribution in [0.1, 0.15) is 56.7 Å². The second-order valence-corrected chi connectivity index (χ2v) is 8.03. The first-order chi connectivity index (χ1) is 11.8. The van der Waals surface area contributed by atoms with Crippen molar-refractivity contribution in [3.63, 3.8) is 0 Å². The van der Waals surface area contributed by atoms with Crippen LogP contribution < -0.4 is 4.74 Å². The molecule has 1 aliphatic heterocycles. The van der Waals surface area contributed by atoms with E-state index in [4.69, 9.17) is 27.9 Å². The molecule has 0 radical (unpaired) electrons. The summed E-state index contributed by atoms with van der Waals surface area (Å²) in [6.45, 7) is 8.21. The fourth-order valence-corrected chi connectivity index (χ4v) is 4.17. The van der Waals surface area contributed by atoms with E-state index in [0.29, 0.717) is 21.4 Å². The number of halogens is 2. The molecule has 0 bridgehead atoms. The Hall–Kier alpha value is -1.38. The lowest BCUT2D eigenvalue weighted by molar-refractivity contribution is 0.105. The molecule has 0 aliphatic carbocycles. The number of benzene rings is 2. The second kappa shape index (κ2) is 6.74. The molecule has 1 heterocycles. The van der Waals surface area contributed by atoms with Crippen LogP contribution in [0.4, 0.5) is 0 Å². The maximum Gasteiger partial charge on any atom is 0.151 e. The highest BCUT2D eigenvalue weighted by molar-refractivity contribution is 6.39. The quantitative estimate of drug-likeness (QED) is 0.578. The zero-order valence-corrected chi connectivity index (χ0v) is 16.7. The number of rotatable bonds is 4. The van der Waals surface area contributed by atoms with E-state index in [0.717, 1.165) is 47.9 Å². The zero-order chi connectivity index (χ0) is 18.4. The van der Waals surface area contributed by atoms with Crippen LogP contribution in [0.15, 0.2) is 18.2 Å². The highest BCUT2D eigenvalue weighted by Gasteiger charge is 2.37. The summed E-state index contributed by atoms with van der Waals surface area (Å²) in [6, 6.07) is 6.15. The van der Waals surface area contributed by atoms with Gasteiger partial charge in [-0.2, -0.15) is 0 Å². The van der Waals surface area contributed by atoms with Crippen LogP contribution in [0.3, 0.4) is 0 Å². The fourth-order valence-electron chi connectivity index (χ4n) is 3.52. The molecule has 3 rings (SSSR count). The van der Waals surface area contributed by atoms with E-state index in [1.807, 2.05) is 32.9 Å². The summed E-state index contributed by atoms with van der Waals surface area (Å²) in [5.41, 5.74) is 3.92. The van der Waals surface area contributed by atoms with Crippen LogP contribution in [0.5, 0.6) is 11.5 Å². The molecular weight excluding hydrogens is 355 g/mol. The van der Waals surface area contributed by atoms with Gasteiger partial charge >= 0.3 is 0 Å². The maximum atomic E-state index is 10.8. The first-order valence-electron chi connectivity index (χ1n) is 8.81. The maximum absolute atomic E-state index is 10.8. The fraction of sp³-hybridized carbons (Fsp3) is 0.429. The third-order valence-corrected chi connectivity index (χ3v) is 5.69. The van der Waals surface area contributed by atoms with Crippen molar-refractivity contribution in [1.82, 2.24) is 0 Å². The monoisotopic (exact) mass is 378 g/mol. The number of ether oxygens (including phenoxy) is 1. The predicted octanol–water partition coefficient (Wildman–Crippen LogP) is 7.03. The molecule has 1 aliphatic rings. The number of aromatic hydroxyl groups is 1. The molecule has 134 valence electrons. The van der Waals surface area contributed by atoms with E-state index in [-0.39, 0.29) is 5.75 Å². The molecule has 2 aromatic carbocycles. The van der Waals surface area contributed by atoms with E-state index in [2.05, 4.69) is 13.0 Å². The van der Waals surface area contributed by atoms with Gasteiger partial charge in [0.1, 0.15) is 11.4 Å². The van der Waals surface area contributed by atoms with Crippen molar-refractivity contribution in [3.05, 3.63) is 44.9 Å². The lowest BCUT2D eigenvalue weighted by Crippen LogP contribution is -2.29. The Bertz CT molecular complexity index is 825. The third kappa shape index (κ3) is 3.11. The van der Waals surface area contributed by atoms with Crippen molar-refractivity contribution >= 4 is 23.2 Å². The Morgan fingerprint density at radius 2 is 1.84 bits per heavy atom. The summed E-state index contributed by atoms with van der Waals surface area (Å²) in [7, 11) is 0. The van der Waals surface area contributed by atoms with Crippen molar-refractivity contribution < 1.29 is 9.84 Å². The average Bonchev–Trinajstić information content (AvgIpc) is 2.55. The molecule has 0 saturated carbocycles. The number of phenolic OH excluding ortho intramolecular Hbond substituents is 1. The van der Waals surface area contributed by atoms with Crippen molar-refractivity contribution in [2.24, 2.45) is 0 Å². The van der Waals surface area contributed by atoms with Crippen LogP contribution >= 0.6 is 23.2 Å². The van der Waals surface area contributed by atoms with Crippen molar-refractivity contribution in [2.75, 3.05) is 0 Å². The van der Waals surface area contributed by atoms with E-state index < -0.39 is 5.60 Å². The first kappa shape index (κ1) is 18.4. The molecule has 25 heavy (non-hydrogen) atoms. The topological polar surface area (TPSA) is 29.5 Å². The van der Waals surface area contributed by atoms with Crippen LogP contribution in [0.25, 0.3) is 11.1 Å². The van der Waals surface area contributed by atoms with E-state index in [1.165, 1.54) is 0 Å². The average molecular weight is 379 g/mol. The number of fused-ring (bicyclic) bond motifs is 3. The summed E-state index contributed by atoms with van der Waals surface area (Å²) in [5.74, 6) is 0.605. The van der Waals surface area contributed by atoms with Gasteiger partial charge in [0.05, 0.1) is 15.6 Å². The first-order valence-corrected chi connectivity index (χ1v) is 9.56. The summed E-state index contributed by atoms with van der Waals surface area (Å²) in [6.07, 6.45) is 3.92. The second-order valence-electron chi connectivity index (χ2n) is 7.28. The Morgan fingerprint density at radius 3 is 2.52 bits per heavy atom. The van der Waals surface area contributed by atoms with Gasteiger partial charge in [-0.25, -0.2) is 0 Å². The minimum atomic E-state index is -0.527. The van der Waals surface area contributed by atoms with E-state index in [9.17, 15) is 5.11 Å². The van der Waals surface area contributed by atoms with Gasteiger partial charge in [-0.05, 0) is 44.7 Å². The molecule has 2 aromatic rings. The van der Waals surface area contributed by atoms with Gasteiger partial charge in [-0.3, -0.25) is 0 Å². The summed E-state index contributed by atoms with van der Waals surface area (Å²) < 4.78 is 6.25. The van der Waals surface area contributed by atoms with E-state index in [1.54, 1.807) is 0 Å². The predicted molar refractivity (Wildman–Crippen MR) is 105 cm³/mol. The molecule has 0 unspecified atom stereocenters. The van der Waals surface area contributed by atoms with Gasteiger partial charge in [-0.1, -0.05) is 66.7 Å². The molecule has 2 nitrogen and oxygen atoms in total. The Morgan fingerprint density at radius 1 is 1.12 bits per heavy atom. The molecule has 4 heteroatoms. The van der Waals surface area contributed by atoms with Gasteiger partial charge in [0.2, 0.25) is 0 Å². The summed E-state index contributed by atoms with van der Waals surface area (Å²) >= 11 is 13.2. The largest absolute Gasteiger partial charge is 0.506 e. The number of phenols is 1. The Kier molecular flexibility index (Phi) is 4.96. The van der Waals surface area contributed by atoms with Crippen molar-refractivity contribution in [1.29, 1.82) is 0 Å². The minimum Gasteiger partial charge on any atom is -0.506 e. The molecule has 0 amide bonds. The van der Waals surface area contributed by atoms with Crippen molar-refractivity contribution in [3.8, 4) is 22.6 Å². The number of hydrogen-bond donors (Lipinski definition) is 1. The SMILES string of the molecule is CCCCCc1c(Cl)c(O)c2c(c1Cl)OC(C)(C)c1ccc(C)cc1-2. The van der Waals surface area contributed by atoms with Gasteiger partial charge < -0.3 is 9.84 Å². The van der Waals surface area contributed by atoms with Gasteiger partial charge in [0.15, 0.2) is 5.75 Å². The molecule has 0 fully saturated rings. The molecule has 0 spiro atoms. The van der Waals surface area contributed by atoms with Crippen molar-refractivity contribution in [2.45, 2.75) is 59.0 Å². The number of unbranched alkanes of at least 4 members (excludes halogenated alkanes) is 2. The van der Waals surface area contributed by atoms with Gasteiger partial charge in [0.25, 0.3) is 0 Å². The normalized spacial score (nSPS) is 14.6. The molecule has 1 N–H and O–H groups in total. The van der Waals surface area contributed by atoms with Gasteiger partial charge in [0, 0.05) is 5.56 Å². The third-order valence-electron chi connectivity index (χ3n) is 4.88. The van der Waals surface area contributed by atoms with Crippen LogP contribution in [0, 0.1) is 6.92 Å². The van der Waals surface area contributed by atoms with Gasteiger partial charge in [-0.15, -0.1) is 0 Å². The van der Waals surface area contributed by atoms with E-state index >= 15 is 0 Å². The highest BCUT2D eigenvalue weighted by atomic mass is 35.5. The lowest BCUT2D eigenvalue weighted by Gasteiger charge is -2.36.